The van der Waals surface area contributed by atoms with Gasteiger partial charge in [0.25, 0.3) is 5.95 Å². The summed E-state index contributed by atoms with van der Waals surface area (Å²) < 4.78 is 17.5. The predicted octanol–water partition coefficient (Wildman–Crippen LogP) is 3.51. The highest BCUT2D eigenvalue weighted by Crippen LogP contribution is 2.39. The van der Waals surface area contributed by atoms with Crippen LogP contribution in [0.2, 0.25) is 0 Å². The van der Waals surface area contributed by atoms with Crippen LogP contribution in [-0.2, 0) is 15.3 Å². The van der Waals surface area contributed by atoms with E-state index < -0.39 is 5.79 Å². The first-order valence-electron chi connectivity index (χ1n) is 8.68. The SMILES string of the molecule is CNc1noc(C(C)c2cccc(C3(c4ccccc4)OCCO3)c2)n1. The Morgan fingerprint density at radius 3 is 2.42 bits per heavy atom. The van der Waals surface area contributed by atoms with Gasteiger partial charge < -0.3 is 19.3 Å². The molecule has 1 atom stereocenters. The van der Waals surface area contributed by atoms with Crippen LogP contribution in [0.1, 0.15) is 35.4 Å². The fourth-order valence-corrected chi connectivity index (χ4v) is 3.24. The van der Waals surface area contributed by atoms with Gasteiger partial charge in [0.1, 0.15) is 0 Å². The number of rotatable bonds is 5. The van der Waals surface area contributed by atoms with E-state index in [0.29, 0.717) is 25.1 Å². The average molecular weight is 351 g/mol. The van der Waals surface area contributed by atoms with Gasteiger partial charge in [-0.3, -0.25) is 0 Å². The van der Waals surface area contributed by atoms with Crippen molar-refractivity contribution >= 4 is 5.95 Å². The Labute approximate surface area is 152 Å². The van der Waals surface area contributed by atoms with Crippen molar-refractivity contribution in [1.82, 2.24) is 10.1 Å². The molecule has 1 aliphatic rings. The van der Waals surface area contributed by atoms with Gasteiger partial charge in [0, 0.05) is 18.2 Å². The van der Waals surface area contributed by atoms with E-state index in [4.69, 9.17) is 14.0 Å². The van der Waals surface area contributed by atoms with Crippen molar-refractivity contribution in [2.75, 3.05) is 25.6 Å². The first-order chi connectivity index (χ1) is 12.7. The van der Waals surface area contributed by atoms with Gasteiger partial charge in [-0.25, -0.2) is 0 Å². The highest BCUT2D eigenvalue weighted by Gasteiger charge is 2.40. The van der Waals surface area contributed by atoms with Crippen molar-refractivity contribution in [1.29, 1.82) is 0 Å². The van der Waals surface area contributed by atoms with Crippen molar-refractivity contribution in [2.45, 2.75) is 18.6 Å². The molecular weight excluding hydrogens is 330 g/mol. The number of anilines is 1. The van der Waals surface area contributed by atoms with E-state index in [1.165, 1.54) is 0 Å². The number of benzene rings is 2. The summed E-state index contributed by atoms with van der Waals surface area (Å²) in [5.41, 5.74) is 3.00. The smallest absolute Gasteiger partial charge is 0.263 e. The Morgan fingerprint density at radius 1 is 1.00 bits per heavy atom. The minimum absolute atomic E-state index is 0.0428. The zero-order valence-corrected chi connectivity index (χ0v) is 14.8. The number of nitrogens with zero attached hydrogens (tertiary/aromatic N) is 2. The second-order valence-electron chi connectivity index (χ2n) is 6.23. The lowest BCUT2D eigenvalue weighted by Gasteiger charge is -2.29. The quantitative estimate of drug-likeness (QED) is 0.759. The molecule has 1 aliphatic heterocycles. The minimum Gasteiger partial charge on any atom is -0.355 e. The molecule has 0 aliphatic carbocycles. The molecule has 0 amide bonds. The molecule has 1 fully saturated rings. The van der Waals surface area contributed by atoms with E-state index >= 15 is 0 Å². The van der Waals surface area contributed by atoms with Crippen molar-refractivity contribution in [3.8, 4) is 0 Å². The van der Waals surface area contributed by atoms with Gasteiger partial charge in [0.05, 0.1) is 19.1 Å². The molecule has 2 aromatic carbocycles. The summed E-state index contributed by atoms with van der Waals surface area (Å²) in [4.78, 5) is 4.36. The van der Waals surface area contributed by atoms with Crippen molar-refractivity contribution in [2.24, 2.45) is 0 Å². The van der Waals surface area contributed by atoms with Crippen LogP contribution in [0.3, 0.4) is 0 Å². The Morgan fingerprint density at radius 2 is 1.73 bits per heavy atom. The number of hydrogen-bond donors (Lipinski definition) is 1. The fourth-order valence-electron chi connectivity index (χ4n) is 3.24. The summed E-state index contributed by atoms with van der Waals surface area (Å²) in [7, 11) is 1.76. The van der Waals surface area contributed by atoms with E-state index in [-0.39, 0.29) is 5.92 Å². The first-order valence-corrected chi connectivity index (χ1v) is 8.68. The molecule has 1 saturated heterocycles. The van der Waals surface area contributed by atoms with Crippen molar-refractivity contribution in [3.63, 3.8) is 0 Å². The summed E-state index contributed by atoms with van der Waals surface area (Å²) in [6, 6.07) is 18.2. The Bertz CT molecular complexity index is 873. The van der Waals surface area contributed by atoms with E-state index in [9.17, 15) is 0 Å². The van der Waals surface area contributed by atoms with Gasteiger partial charge in [-0.05, 0) is 23.7 Å². The predicted molar refractivity (Wildman–Crippen MR) is 96.9 cm³/mol. The van der Waals surface area contributed by atoms with Gasteiger partial charge in [0.15, 0.2) is 0 Å². The van der Waals surface area contributed by atoms with Crippen LogP contribution in [0.4, 0.5) is 5.95 Å². The standard InChI is InChI=1S/C20H21N3O3/c1-14(18-22-19(21-2)23-26-18)15-7-6-10-17(13-15)20(24-11-12-25-20)16-8-4-3-5-9-16/h3-10,13-14H,11-12H2,1-2H3,(H,21,23). The topological polar surface area (TPSA) is 69.4 Å². The normalized spacial score (nSPS) is 17.2. The molecule has 0 saturated carbocycles. The second-order valence-corrected chi connectivity index (χ2v) is 6.23. The van der Waals surface area contributed by atoms with Gasteiger partial charge in [-0.2, -0.15) is 4.98 Å². The Kier molecular flexibility index (Phi) is 4.44. The van der Waals surface area contributed by atoms with Crippen LogP contribution >= 0.6 is 0 Å². The van der Waals surface area contributed by atoms with Crippen molar-refractivity contribution in [3.05, 3.63) is 77.2 Å². The van der Waals surface area contributed by atoms with Gasteiger partial charge in [0.2, 0.25) is 11.7 Å². The lowest BCUT2D eigenvalue weighted by Crippen LogP contribution is -2.28. The van der Waals surface area contributed by atoms with Gasteiger partial charge in [-0.15, -0.1) is 0 Å². The zero-order chi connectivity index (χ0) is 18.0. The van der Waals surface area contributed by atoms with E-state index in [1.807, 2.05) is 55.5 Å². The largest absolute Gasteiger partial charge is 0.355 e. The third kappa shape index (κ3) is 2.87. The molecule has 6 heteroatoms. The Hall–Kier alpha value is -2.70. The maximum absolute atomic E-state index is 6.09. The van der Waals surface area contributed by atoms with Crippen LogP contribution in [-0.4, -0.2) is 30.4 Å². The Balaban J connectivity index is 1.72. The molecule has 1 aromatic heterocycles. The summed E-state index contributed by atoms with van der Waals surface area (Å²) in [6.07, 6.45) is 0. The number of nitrogens with one attached hydrogen (secondary N) is 1. The monoisotopic (exact) mass is 351 g/mol. The minimum atomic E-state index is -0.873. The molecule has 2 heterocycles. The molecule has 6 nitrogen and oxygen atoms in total. The third-order valence-corrected chi connectivity index (χ3v) is 4.65. The van der Waals surface area contributed by atoms with Crippen LogP contribution in [0, 0.1) is 0 Å². The molecule has 0 bridgehead atoms. The average Bonchev–Trinajstić information content (AvgIpc) is 3.38. The first kappa shape index (κ1) is 16.8. The van der Waals surface area contributed by atoms with E-state index in [1.54, 1.807) is 7.05 Å². The molecule has 1 N–H and O–H groups in total. The lowest BCUT2D eigenvalue weighted by atomic mass is 9.92. The summed E-state index contributed by atoms with van der Waals surface area (Å²) >= 11 is 0. The van der Waals surface area contributed by atoms with E-state index in [0.717, 1.165) is 16.7 Å². The van der Waals surface area contributed by atoms with Crippen LogP contribution < -0.4 is 5.32 Å². The maximum Gasteiger partial charge on any atom is 0.263 e. The second kappa shape index (κ2) is 6.90. The molecule has 26 heavy (non-hydrogen) atoms. The molecule has 0 spiro atoms. The maximum atomic E-state index is 6.09. The number of aromatic nitrogens is 2. The number of hydrogen-bond acceptors (Lipinski definition) is 6. The third-order valence-electron chi connectivity index (χ3n) is 4.65. The van der Waals surface area contributed by atoms with Gasteiger partial charge in [-0.1, -0.05) is 48.5 Å². The van der Waals surface area contributed by atoms with Crippen LogP contribution in [0.15, 0.2) is 59.1 Å². The summed E-state index contributed by atoms with van der Waals surface area (Å²) in [6.45, 7) is 3.16. The molecular formula is C20H21N3O3. The lowest BCUT2D eigenvalue weighted by molar-refractivity contribution is -0.129. The highest BCUT2D eigenvalue weighted by atomic mass is 16.7. The zero-order valence-electron chi connectivity index (χ0n) is 14.8. The molecule has 134 valence electrons. The molecule has 3 aromatic rings. The van der Waals surface area contributed by atoms with E-state index in [2.05, 4.69) is 21.5 Å². The van der Waals surface area contributed by atoms with Crippen LogP contribution in [0.5, 0.6) is 0 Å². The molecule has 4 rings (SSSR count). The number of ether oxygens (including phenoxy) is 2. The van der Waals surface area contributed by atoms with Crippen LogP contribution in [0.25, 0.3) is 0 Å². The fraction of sp³-hybridized carbons (Fsp3) is 0.300. The van der Waals surface area contributed by atoms with Crippen molar-refractivity contribution < 1.29 is 14.0 Å². The summed E-state index contributed by atoms with van der Waals surface area (Å²) in [5, 5.41) is 6.78. The molecule has 0 radical (unpaired) electrons. The summed E-state index contributed by atoms with van der Waals surface area (Å²) in [5.74, 6) is 0.126. The van der Waals surface area contributed by atoms with Gasteiger partial charge >= 0.3 is 0 Å². The molecule has 1 unspecified atom stereocenters. The highest BCUT2D eigenvalue weighted by molar-refractivity contribution is 5.39.